The van der Waals surface area contributed by atoms with Crippen molar-refractivity contribution in [2.45, 2.75) is 6.04 Å². The summed E-state index contributed by atoms with van der Waals surface area (Å²) in [4.78, 5) is 39.2. The molecule has 1 atom stereocenters. The molecule has 0 saturated carbocycles. The first-order valence-electron chi connectivity index (χ1n) is 8.46. The van der Waals surface area contributed by atoms with Crippen LogP contribution in [0, 0.1) is 10.1 Å². The van der Waals surface area contributed by atoms with Gasteiger partial charge in [-0.15, -0.1) is 0 Å². The minimum Gasteiger partial charge on any atom is -0.327 e. The van der Waals surface area contributed by atoms with Gasteiger partial charge in [-0.1, -0.05) is 23.7 Å². The third-order valence-corrected chi connectivity index (χ3v) is 5.16. The number of halogens is 1. The van der Waals surface area contributed by atoms with Crippen LogP contribution in [0.4, 0.5) is 16.2 Å². The molecule has 0 bridgehead atoms. The molecule has 0 fully saturated rings. The summed E-state index contributed by atoms with van der Waals surface area (Å²) in [5.74, 6) is -0.263. The van der Waals surface area contributed by atoms with Gasteiger partial charge in [-0.05, 0) is 29.8 Å². The van der Waals surface area contributed by atoms with E-state index < -0.39 is 11.0 Å². The quantitative estimate of drug-likeness (QED) is 0.634. The molecule has 0 radical (unpaired) electrons. The van der Waals surface area contributed by atoms with E-state index in [0.717, 1.165) is 0 Å². The Balaban J connectivity index is 1.76. The van der Waals surface area contributed by atoms with Crippen LogP contribution in [0.3, 0.4) is 0 Å². The molecule has 28 heavy (non-hydrogen) atoms. The molecule has 8 nitrogen and oxygen atoms in total. The van der Waals surface area contributed by atoms with Gasteiger partial charge in [-0.25, -0.2) is 4.79 Å². The van der Waals surface area contributed by atoms with Crippen LogP contribution in [0.2, 0.25) is 5.02 Å². The van der Waals surface area contributed by atoms with Gasteiger partial charge in [-0.2, -0.15) is 0 Å². The number of nitro benzene ring substituents is 1. The van der Waals surface area contributed by atoms with Crippen molar-refractivity contribution in [3.05, 3.63) is 80.5 Å². The fourth-order valence-electron chi connectivity index (χ4n) is 3.46. The zero-order chi connectivity index (χ0) is 20.0. The minimum absolute atomic E-state index is 0.104. The Bertz CT molecular complexity index is 1030. The van der Waals surface area contributed by atoms with E-state index >= 15 is 0 Å². The number of nitro groups is 1. The second-order valence-electron chi connectivity index (χ2n) is 6.52. The van der Waals surface area contributed by atoms with Crippen LogP contribution >= 0.6 is 11.6 Å². The minimum atomic E-state index is -0.761. The Morgan fingerprint density at radius 1 is 1.18 bits per heavy atom. The van der Waals surface area contributed by atoms with E-state index in [1.807, 2.05) is 0 Å². The SMILES string of the molecule is CN1C(=O)N[C@H](c2cccc([N+](=O)[O-])c2)C2=C1CN(c1ccc(Cl)cc1)C2=O. The van der Waals surface area contributed by atoms with Gasteiger partial charge in [0.05, 0.1) is 28.8 Å². The van der Waals surface area contributed by atoms with Crippen molar-refractivity contribution >= 4 is 34.9 Å². The third-order valence-electron chi connectivity index (χ3n) is 4.91. The van der Waals surface area contributed by atoms with Crippen LogP contribution < -0.4 is 10.2 Å². The summed E-state index contributed by atoms with van der Waals surface area (Å²) in [7, 11) is 1.59. The smallest absolute Gasteiger partial charge is 0.322 e. The lowest BCUT2D eigenvalue weighted by molar-refractivity contribution is -0.384. The lowest BCUT2D eigenvalue weighted by atomic mass is 9.95. The molecule has 9 heteroatoms. The number of nitrogens with zero attached hydrogens (tertiary/aromatic N) is 3. The Hall–Kier alpha value is -3.39. The molecule has 142 valence electrons. The molecule has 0 unspecified atom stereocenters. The molecule has 1 N–H and O–H groups in total. The van der Waals surface area contributed by atoms with Gasteiger partial charge < -0.3 is 10.2 Å². The highest BCUT2D eigenvalue weighted by Gasteiger charge is 2.43. The van der Waals surface area contributed by atoms with E-state index in [1.54, 1.807) is 42.3 Å². The van der Waals surface area contributed by atoms with Crippen molar-refractivity contribution in [1.29, 1.82) is 0 Å². The zero-order valence-corrected chi connectivity index (χ0v) is 15.5. The van der Waals surface area contributed by atoms with Crippen molar-refractivity contribution in [2.24, 2.45) is 0 Å². The third kappa shape index (κ3) is 2.87. The Morgan fingerprint density at radius 2 is 1.89 bits per heavy atom. The van der Waals surface area contributed by atoms with Crippen molar-refractivity contribution in [2.75, 3.05) is 18.5 Å². The summed E-state index contributed by atoms with van der Waals surface area (Å²) in [6.45, 7) is 0.227. The van der Waals surface area contributed by atoms with Crippen molar-refractivity contribution in [3.8, 4) is 0 Å². The van der Waals surface area contributed by atoms with Crippen molar-refractivity contribution in [1.82, 2.24) is 10.2 Å². The van der Waals surface area contributed by atoms with Crippen molar-refractivity contribution < 1.29 is 14.5 Å². The van der Waals surface area contributed by atoms with Crippen LogP contribution in [0.5, 0.6) is 0 Å². The largest absolute Gasteiger partial charge is 0.327 e. The standard InChI is InChI=1S/C19H15ClN4O4/c1-22-15-10-23(13-7-5-12(20)6-8-13)18(25)16(15)17(21-19(22)26)11-3-2-4-14(9-11)24(27)28/h2-9,17H,10H2,1H3,(H,21,26)/t17-/m1/s1. The number of amides is 3. The van der Waals surface area contributed by atoms with Gasteiger partial charge in [0.1, 0.15) is 0 Å². The normalized spacial score (nSPS) is 19.0. The highest BCUT2D eigenvalue weighted by Crippen LogP contribution is 2.38. The second-order valence-corrected chi connectivity index (χ2v) is 6.96. The van der Waals surface area contributed by atoms with Gasteiger partial charge in [0.25, 0.3) is 11.6 Å². The highest BCUT2D eigenvalue weighted by molar-refractivity contribution is 6.30. The first-order chi connectivity index (χ1) is 13.4. The lowest BCUT2D eigenvalue weighted by Crippen LogP contribution is -2.45. The van der Waals surface area contributed by atoms with E-state index in [9.17, 15) is 19.7 Å². The van der Waals surface area contributed by atoms with Gasteiger partial charge in [-0.3, -0.25) is 19.8 Å². The average Bonchev–Trinajstić information content (AvgIpc) is 3.03. The summed E-state index contributed by atoms with van der Waals surface area (Å²) in [6.07, 6.45) is 0. The van der Waals surface area contributed by atoms with Gasteiger partial charge in [0, 0.05) is 29.9 Å². The molecule has 0 saturated heterocycles. The van der Waals surface area contributed by atoms with Crippen molar-refractivity contribution in [3.63, 3.8) is 0 Å². The number of hydrogen-bond acceptors (Lipinski definition) is 4. The molecule has 0 aromatic heterocycles. The first kappa shape index (κ1) is 18.0. The number of likely N-dealkylation sites (N-methyl/N-ethyl adjacent to an activating group) is 1. The number of carbonyl (C=O) groups is 2. The summed E-state index contributed by atoms with van der Waals surface area (Å²) < 4.78 is 0. The molecule has 0 aliphatic carbocycles. The zero-order valence-electron chi connectivity index (χ0n) is 14.8. The van der Waals surface area contributed by atoms with E-state index in [-0.39, 0.29) is 24.2 Å². The number of benzene rings is 2. The van der Waals surface area contributed by atoms with Crippen LogP contribution in [0.1, 0.15) is 11.6 Å². The Labute approximate surface area is 165 Å². The predicted octanol–water partition coefficient (Wildman–Crippen LogP) is 3.25. The van der Waals surface area contributed by atoms with Crippen LogP contribution in [-0.2, 0) is 4.79 Å². The highest BCUT2D eigenvalue weighted by atomic mass is 35.5. The topological polar surface area (TPSA) is 95.8 Å². The summed E-state index contributed by atoms with van der Waals surface area (Å²) >= 11 is 5.93. The summed E-state index contributed by atoms with van der Waals surface area (Å²) in [5.41, 5.74) is 2.00. The number of nitrogens with one attached hydrogen (secondary N) is 1. The maximum absolute atomic E-state index is 13.2. The van der Waals surface area contributed by atoms with Gasteiger partial charge in [0.15, 0.2) is 0 Å². The van der Waals surface area contributed by atoms with Gasteiger partial charge >= 0.3 is 6.03 Å². The molecule has 2 aliphatic rings. The van der Waals surface area contributed by atoms with Gasteiger partial charge in [0.2, 0.25) is 0 Å². The first-order valence-corrected chi connectivity index (χ1v) is 8.83. The molecule has 2 aromatic rings. The molecular weight excluding hydrogens is 384 g/mol. The maximum Gasteiger partial charge on any atom is 0.322 e. The fourth-order valence-corrected chi connectivity index (χ4v) is 3.59. The van der Waals surface area contributed by atoms with E-state index in [4.69, 9.17) is 11.6 Å². The Kier molecular flexibility index (Phi) is 4.27. The second kappa shape index (κ2) is 6.65. The Morgan fingerprint density at radius 3 is 2.57 bits per heavy atom. The van der Waals surface area contributed by atoms with Crippen LogP contribution in [-0.4, -0.2) is 35.4 Å². The molecule has 3 amide bonds. The van der Waals surface area contributed by atoms with E-state index in [2.05, 4.69) is 5.32 Å². The fraction of sp³-hybridized carbons (Fsp3) is 0.158. The summed E-state index contributed by atoms with van der Waals surface area (Å²) in [6, 6.07) is 11.6. The predicted molar refractivity (Wildman–Crippen MR) is 103 cm³/mol. The molecule has 0 spiro atoms. The number of anilines is 1. The lowest BCUT2D eigenvalue weighted by Gasteiger charge is -2.30. The summed E-state index contributed by atoms with van der Waals surface area (Å²) in [5, 5.41) is 14.4. The number of carbonyl (C=O) groups excluding carboxylic acids is 2. The average molecular weight is 399 g/mol. The molecular formula is C19H15ClN4O4. The number of rotatable bonds is 3. The number of non-ortho nitro benzene ring substituents is 1. The monoisotopic (exact) mass is 398 g/mol. The number of urea groups is 1. The molecule has 4 rings (SSSR count). The van der Waals surface area contributed by atoms with E-state index in [1.165, 1.54) is 23.1 Å². The number of hydrogen-bond donors (Lipinski definition) is 1. The maximum atomic E-state index is 13.2. The van der Waals surface area contributed by atoms with E-state index in [0.29, 0.717) is 27.5 Å². The molecule has 2 aliphatic heterocycles. The van der Waals surface area contributed by atoms with Crippen LogP contribution in [0.15, 0.2) is 59.8 Å². The molecule has 2 aromatic carbocycles. The van der Waals surface area contributed by atoms with Crippen LogP contribution in [0.25, 0.3) is 0 Å². The molecule has 2 heterocycles.